The van der Waals surface area contributed by atoms with E-state index in [0.717, 1.165) is 25.2 Å². The summed E-state index contributed by atoms with van der Waals surface area (Å²) in [5.74, 6) is -0.0774. The molecule has 1 N–H and O–H groups in total. The van der Waals surface area contributed by atoms with Gasteiger partial charge in [0.2, 0.25) is 10.0 Å². The molecule has 0 aliphatic carbocycles. The summed E-state index contributed by atoms with van der Waals surface area (Å²) in [5.41, 5.74) is 1.28. The molecule has 8 heteroatoms. The second kappa shape index (κ2) is 8.90. The summed E-state index contributed by atoms with van der Waals surface area (Å²) in [4.78, 5) is 20.0. The van der Waals surface area contributed by atoms with Gasteiger partial charge in [0.15, 0.2) is 0 Å². The fraction of sp³-hybridized carbons (Fsp3) is 0.650. The highest BCUT2D eigenvalue weighted by Gasteiger charge is 2.29. The van der Waals surface area contributed by atoms with Gasteiger partial charge in [0.25, 0.3) is 5.91 Å². The largest absolute Gasteiger partial charge is 0.336 e. The Morgan fingerprint density at radius 1 is 1.18 bits per heavy atom. The quantitative estimate of drug-likeness (QED) is 0.791. The van der Waals surface area contributed by atoms with Crippen LogP contribution in [0.15, 0.2) is 23.1 Å². The van der Waals surface area contributed by atoms with Crippen LogP contribution in [-0.2, 0) is 10.0 Å². The molecule has 0 radical (unpaired) electrons. The molecule has 1 amide bonds. The van der Waals surface area contributed by atoms with Crippen molar-refractivity contribution in [2.24, 2.45) is 0 Å². The maximum absolute atomic E-state index is 13.1. The first-order chi connectivity index (χ1) is 13.3. The topological polar surface area (TPSA) is 73.0 Å². The van der Waals surface area contributed by atoms with Crippen LogP contribution in [0.4, 0.5) is 0 Å². The number of aryl methyl sites for hydroxylation is 1. The number of sulfonamides is 1. The van der Waals surface area contributed by atoms with Crippen molar-refractivity contribution in [1.82, 2.24) is 19.4 Å². The van der Waals surface area contributed by atoms with E-state index in [4.69, 9.17) is 0 Å². The summed E-state index contributed by atoms with van der Waals surface area (Å²) in [7, 11) is -1.41. The molecule has 0 bridgehead atoms. The standard InChI is InChI=1S/C20H32N4O3S/c1-4-21-28(26,27)18-8-7-16(2)19(14-18)20(25)24-12-10-23(11-13-24)17-6-5-9-22(3)15-17/h7-8,14,17,21H,4-6,9-13,15H2,1-3H3. The number of carbonyl (C=O) groups is 1. The van der Waals surface area contributed by atoms with Gasteiger partial charge in [-0.05, 0) is 51.1 Å². The molecule has 7 nitrogen and oxygen atoms in total. The Morgan fingerprint density at radius 2 is 1.89 bits per heavy atom. The van der Waals surface area contributed by atoms with Gasteiger partial charge in [-0.2, -0.15) is 0 Å². The molecule has 2 heterocycles. The number of amides is 1. The molecule has 1 aromatic carbocycles. The summed E-state index contributed by atoms with van der Waals surface area (Å²) in [6.07, 6.45) is 2.45. The van der Waals surface area contributed by atoms with E-state index in [2.05, 4.69) is 21.6 Å². The zero-order chi connectivity index (χ0) is 20.3. The molecule has 3 rings (SSSR count). The first-order valence-electron chi connectivity index (χ1n) is 10.1. The maximum Gasteiger partial charge on any atom is 0.254 e. The van der Waals surface area contributed by atoms with Crippen molar-refractivity contribution in [3.05, 3.63) is 29.3 Å². The van der Waals surface area contributed by atoms with E-state index in [0.29, 0.717) is 31.2 Å². The lowest BCUT2D eigenvalue weighted by atomic mass is 10.0. The molecule has 28 heavy (non-hydrogen) atoms. The Morgan fingerprint density at radius 3 is 2.54 bits per heavy atom. The Kier molecular flexibility index (Phi) is 6.75. The SMILES string of the molecule is CCNS(=O)(=O)c1ccc(C)c(C(=O)N2CCN(C3CCCN(C)C3)CC2)c1. The Bertz CT molecular complexity index is 804. The molecular formula is C20H32N4O3S. The highest BCUT2D eigenvalue weighted by atomic mass is 32.2. The molecule has 0 aromatic heterocycles. The van der Waals surface area contributed by atoms with Crippen LogP contribution in [0.1, 0.15) is 35.7 Å². The minimum absolute atomic E-state index is 0.0774. The Labute approximate surface area is 168 Å². The molecule has 2 fully saturated rings. The summed E-state index contributed by atoms with van der Waals surface area (Å²) in [5, 5.41) is 0. The predicted molar refractivity (Wildman–Crippen MR) is 110 cm³/mol. The van der Waals surface area contributed by atoms with Crippen molar-refractivity contribution >= 4 is 15.9 Å². The molecule has 2 aliphatic rings. The number of piperazine rings is 1. The van der Waals surface area contributed by atoms with Crippen molar-refractivity contribution in [1.29, 1.82) is 0 Å². The average molecular weight is 409 g/mol. The summed E-state index contributed by atoms with van der Waals surface area (Å²) in [6.45, 7) is 9.28. The van der Waals surface area contributed by atoms with Gasteiger partial charge in [0.05, 0.1) is 4.90 Å². The van der Waals surface area contributed by atoms with Gasteiger partial charge < -0.3 is 9.80 Å². The normalized spacial score (nSPS) is 22.4. The lowest BCUT2D eigenvalue weighted by Crippen LogP contribution is -2.55. The molecule has 2 saturated heterocycles. The van der Waals surface area contributed by atoms with Gasteiger partial charge >= 0.3 is 0 Å². The summed E-state index contributed by atoms with van der Waals surface area (Å²) in [6, 6.07) is 5.36. The molecular weight excluding hydrogens is 376 g/mol. The minimum atomic E-state index is -3.58. The number of hydrogen-bond donors (Lipinski definition) is 1. The number of rotatable bonds is 5. The van der Waals surface area contributed by atoms with Gasteiger partial charge in [0, 0.05) is 50.9 Å². The fourth-order valence-electron chi connectivity index (χ4n) is 4.17. The van der Waals surface area contributed by atoms with Gasteiger partial charge in [-0.1, -0.05) is 13.0 Å². The first-order valence-corrected chi connectivity index (χ1v) is 11.6. The molecule has 1 unspecified atom stereocenters. The summed E-state index contributed by atoms with van der Waals surface area (Å²) >= 11 is 0. The highest BCUT2D eigenvalue weighted by molar-refractivity contribution is 7.89. The van der Waals surface area contributed by atoms with Crippen LogP contribution in [0.5, 0.6) is 0 Å². The third-order valence-corrected chi connectivity index (χ3v) is 7.34. The van der Waals surface area contributed by atoms with Crippen LogP contribution < -0.4 is 4.72 Å². The van der Waals surface area contributed by atoms with Crippen LogP contribution in [0.25, 0.3) is 0 Å². The second-order valence-electron chi connectivity index (χ2n) is 7.86. The molecule has 156 valence electrons. The van der Waals surface area contributed by atoms with Crippen molar-refractivity contribution < 1.29 is 13.2 Å². The van der Waals surface area contributed by atoms with E-state index in [1.807, 2.05) is 11.8 Å². The smallest absolute Gasteiger partial charge is 0.254 e. The molecule has 2 aliphatic heterocycles. The molecule has 0 spiro atoms. The predicted octanol–water partition coefficient (Wildman–Crippen LogP) is 1.15. The van der Waals surface area contributed by atoms with E-state index < -0.39 is 10.0 Å². The molecule has 1 atom stereocenters. The highest BCUT2D eigenvalue weighted by Crippen LogP contribution is 2.20. The van der Waals surface area contributed by atoms with Crippen molar-refractivity contribution in [3.8, 4) is 0 Å². The Balaban J connectivity index is 1.68. The number of likely N-dealkylation sites (N-methyl/N-ethyl adjacent to an activating group) is 1. The zero-order valence-corrected chi connectivity index (χ0v) is 18.0. The van der Waals surface area contributed by atoms with Gasteiger partial charge in [-0.3, -0.25) is 9.69 Å². The van der Waals surface area contributed by atoms with Crippen LogP contribution in [0.3, 0.4) is 0 Å². The van der Waals surface area contributed by atoms with Gasteiger partial charge in [-0.15, -0.1) is 0 Å². The average Bonchev–Trinajstić information content (AvgIpc) is 2.68. The first kappa shape index (κ1) is 21.2. The van der Waals surface area contributed by atoms with E-state index in [-0.39, 0.29) is 10.8 Å². The lowest BCUT2D eigenvalue weighted by Gasteiger charge is -2.42. The zero-order valence-electron chi connectivity index (χ0n) is 17.1. The van der Waals surface area contributed by atoms with E-state index >= 15 is 0 Å². The molecule has 1 aromatic rings. The number of likely N-dealkylation sites (tertiary alicyclic amines) is 1. The van der Waals surface area contributed by atoms with Crippen molar-refractivity contribution in [2.45, 2.75) is 37.6 Å². The van der Waals surface area contributed by atoms with Crippen LogP contribution in [-0.4, -0.2) is 87.9 Å². The number of benzene rings is 1. The van der Waals surface area contributed by atoms with Crippen molar-refractivity contribution in [2.75, 3.05) is 52.9 Å². The second-order valence-corrected chi connectivity index (χ2v) is 9.63. The van der Waals surface area contributed by atoms with E-state index in [9.17, 15) is 13.2 Å². The third kappa shape index (κ3) is 4.74. The summed E-state index contributed by atoms with van der Waals surface area (Å²) < 4.78 is 27.1. The maximum atomic E-state index is 13.1. The van der Waals surface area contributed by atoms with Crippen LogP contribution >= 0.6 is 0 Å². The van der Waals surface area contributed by atoms with Crippen LogP contribution in [0.2, 0.25) is 0 Å². The monoisotopic (exact) mass is 408 g/mol. The fourth-order valence-corrected chi connectivity index (χ4v) is 5.24. The third-order valence-electron chi connectivity index (χ3n) is 5.80. The van der Waals surface area contributed by atoms with Gasteiger partial charge in [-0.25, -0.2) is 13.1 Å². The molecule has 0 saturated carbocycles. The van der Waals surface area contributed by atoms with Crippen LogP contribution in [0, 0.1) is 6.92 Å². The number of piperidine rings is 1. The van der Waals surface area contributed by atoms with Crippen molar-refractivity contribution in [3.63, 3.8) is 0 Å². The number of nitrogens with one attached hydrogen (secondary N) is 1. The number of hydrogen-bond acceptors (Lipinski definition) is 5. The minimum Gasteiger partial charge on any atom is -0.336 e. The van der Waals surface area contributed by atoms with Gasteiger partial charge in [0.1, 0.15) is 0 Å². The number of carbonyl (C=O) groups excluding carboxylic acids is 1. The Hall–Kier alpha value is -1.48. The lowest BCUT2D eigenvalue weighted by molar-refractivity contribution is 0.0451. The number of nitrogens with zero attached hydrogens (tertiary/aromatic N) is 3. The van der Waals surface area contributed by atoms with E-state index in [1.54, 1.807) is 19.1 Å². The van der Waals surface area contributed by atoms with E-state index in [1.165, 1.54) is 25.5 Å².